The van der Waals surface area contributed by atoms with Crippen molar-refractivity contribution in [1.82, 2.24) is 15.0 Å². The Bertz CT molecular complexity index is 3560. The molecule has 0 aliphatic heterocycles. The third-order valence-corrected chi connectivity index (χ3v) is 14.2. The van der Waals surface area contributed by atoms with E-state index in [2.05, 4.69) is 194 Å². The molecule has 2 aliphatic carbocycles. The van der Waals surface area contributed by atoms with Gasteiger partial charge in [-0.15, -0.1) is 11.3 Å². The molecule has 11 aromatic rings. The van der Waals surface area contributed by atoms with Gasteiger partial charge >= 0.3 is 0 Å². The number of aromatic nitrogens is 3. The third-order valence-electron chi connectivity index (χ3n) is 13.0. The van der Waals surface area contributed by atoms with Gasteiger partial charge in [0.25, 0.3) is 0 Å². The largest absolute Gasteiger partial charge is 0.208 e. The molecule has 1 spiro atoms. The number of hydrogen-bond acceptors (Lipinski definition) is 4. The molecule has 2 aromatic heterocycles. The zero-order valence-corrected chi connectivity index (χ0v) is 34.3. The maximum absolute atomic E-state index is 5.37. The average molecular weight is 806 g/mol. The highest BCUT2D eigenvalue weighted by molar-refractivity contribution is 7.25. The number of rotatable bonds is 5. The Hall–Kier alpha value is -7.79. The van der Waals surface area contributed by atoms with E-state index in [1.54, 1.807) is 0 Å². The Morgan fingerprint density at radius 2 is 0.710 bits per heavy atom. The van der Waals surface area contributed by atoms with Gasteiger partial charge in [0.1, 0.15) is 0 Å². The van der Waals surface area contributed by atoms with Crippen LogP contribution >= 0.6 is 11.3 Å². The molecule has 0 saturated carbocycles. The molecule has 2 aliphatic rings. The first kappa shape index (κ1) is 35.0. The van der Waals surface area contributed by atoms with Gasteiger partial charge in [0.2, 0.25) is 0 Å². The number of thiophene rings is 1. The van der Waals surface area contributed by atoms with E-state index in [-0.39, 0.29) is 5.41 Å². The fourth-order valence-electron chi connectivity index (χ4n) is 10.4. The Morgan fingerprint density at radius 3 is 1.34 bits per heavy atom. The maximum atomic E-state index is 5.37. The van der Waals surface area contributed by atoms with Crippen LogP contribution in [0, 0.1) is 0 Å². The second-order valence-electron chi connectivity index (χ2n) is 16.2. The Labute approximate surface area is 363 Å². The maximum Gasteiger partial charge on any atom is 0.164 e. The predicted octanol–water partition coefficient (Wildman–Crippen LogP) is 14.9. The van der Waals surface area contributed by atoms with Gasteiger partial charge in [0.15, 0.2) is 17.5 Å². The summed E-state index contributed by atoms with van der Waals surface area (Å²) in [4.78, 5) is 15.8. The van der Waals surface area contributed by atoms with Crippen LogP contribution in [0.2, 0.25) is 0 Å². The molecule has 0 amide bonds. The molecule has 0 fully saturated rings. The Kier molecular flexibility index (Phi) is 7.69. The van der Waals surface area contributed by atoms with E-state index in [1.807, 2.05) is 29.5 Å². The molecule has 0 unspecified atom stereocenters. The molecule has 62 heavy (non-hydrogen) atoms. The fraction of sp³-hybridized carbons (Fsp3) is 0.0172. The zero-order chi connectivity index (χ0) is 40.8. The van der Waals surface area contributed by atoms with E-state index < -0.39 is 0 Å². The predicted molar refractivity (Wildman–Crippen MR) is 256 cm³/mol. The molecule has 0 bridgehead atoms. The van der Waals surface area contributed by atoms with Crippen molar-refractivity contribution in [3.05, 3.63) is 235 Å². The van der Waals surface area contributed by atoms with Crippen molar-refractivity contribution in [3.63, 3.8) is 0 Å². The van der Waals surface area contributed by atoms with Crippen LogP contribution in [0.15, 0.2) is 212 Å². The second kappa shape index (κ2) is 13.6. The monoisotopic (exact) mass is 805 g/mol. The molecule has 13 rings (SSSR count). The van der Waals surface area contributed by atoms with Gasteiger partial charge in [-0.2, -0.15) is 0 Å². The number of hydrogen-bond donors (Lipinski definition) is 0. The van der Waals surface area contributed by atoms with Gasteiger partial charge in [-0.25, -0.2) is 15.0 Å². The van der Waals surface area contributed by atoms with E-state index in [9.17, 15) is 0 Å². The van der Waals surface area contributed by atoms with Crippen molar-refractivity contribution in [2.75, 3.05) is 0 Å². The minimum absolute atomic E-state index is 0.390. The molecule has 9 aromatic carbocycles. The van der Waals surface area contributed by atoms with Crippen LogP contribution in [0.4, 0.5) is 0 Å². The van der Waals surface area contributed by atoms with Crippen molar-refractivity contribution >= 4 is 31.5 Å². The summed E-state index contributed by atoms with van der Waals surface area (Å²) >= 11 is 1.83. The van der Waals surface area contributed by atoms with Gasteiger partial charge in [-0.1, -0.05) is 188 Å². The highest BCUT2D eigenvalue weighted by Crippen LogP contribution is 2.63. The summed E-state index contributed by atoms with van der Waals surface area (Å²) < 4.78 is 2.57. The average Bonchev–Trinajstić information content (AvgIpc) is 3.98. The Morgan fingerprint density at radius 1 is 0.274 bits per heavy atom. The minimum atomic E-state index is -0.390. The van der Waals surface area contributed by atoms with E-state index in [4.69, 9.17) is 15.0 Å². The topological polar surface area (TPSA) is 38.7 Å². The summed E-state index contributed by atoms with van der Waals surface area (Å²) in [5, 5.41) is 2.54. The fourth-order valence-corrected chi connectivity index (χ4v) is 11.4. The first-order chi connectivity index (χ1) is 30.7. The molecule has 0 atom stereocenters. The summed E-state index contributed by atoms with van der Waals surface area (Å²) in [5.74, 6) is 1.91. The molecule has 3 nitrogen and oxygen atoms in total. The van der Waals surface area contributed by atoms with Crippen LogP contribution in [0.3, 0.4) is 0 Å². The number of nitrogens with zero attached hydrogens (tertiary/aromatic N) is 3. The van der Waals surface area contributed by atoms with Crippen LogP contribution in [-0.2, 0) is 5.41 Å². The minimum Gasteiger partial charge on any atom is -0.208 e. The summed E-state index contributed by atoms with van der Waals surface area (Å²) in [6.45, 7) is 0. The highest BCUT2D eigenvalue weighted by Gasteiger charge is 2.51. The van der Waals surface area contributed by atoms with Crippen LogP contribution in [0.5, 0.6) is 0 Å². The van der Waals surface area contributed by atoms with E-state index in [0.29, 0.717) is 17.5 Å². The summed E-state index contributed by atoms with van der Waals surface area (Å²) in [6, 6.07) is 76.7. The molecule has 288 valence electrons. The van der Waals surface area contributed by atoms with Crippen molar-refractivity contribution in [3.8, 4) is 78.7 Å². The van der Waals surface area contributed by atoms with Gasteiger partial charge in [0.05, 0.1) is 5.41 Å². The number of fused-ring (bicyclic) bond motifs is 13. The van der Waals surface area contributed by atoms with E-state index in [1.165, 1.54) is 64.7 Å². The molecular formula is C58H35N3S. The van der Waals surface area contributed by atoms with Crippen LogP contribution < -0.4 is 0 Å². The lowest BCUT2D eigenvalue weighted by Gasteiger charge is -2.30. The van der Waals surface area contributed by atoms with Gasteiger partial charge in [-0.3, -0.25) is 0 Å². The molecule has 4 heteroatoms. The molecular weight excluding hydrogens is 771 g/mol. The quantitative estimate of drug-likeness (QED) is 0.174. The van der Waals surface area contributed by atoms with Gasteiger partial charge in [0, 0.05) is 36.9 Å². The third kappa shape index (κ3) is 5.08. The van der Waals surface area contributed by atoms with E-state index in [0.717, 1.165) is 38.9 Å². The lowest BCUT2D eigenvalue weighted by atomic mass is 9.70. The second-order valence-corrected chi connectivity index (χ2v) is 17.3. The van der Waals surface area contributed by atoms with Crippen molar-refractivity contribution in [2.45, 2.75) is 5.41 Å². The lowest BCUT2D eigenvalue weighted by molar-refractivity contribution is 0.794. The van der Waals surface area contributed by atoms with Gasteiger partial charge < -0.3 is 0 Å². The molecule has 0 radical (unpaired) electrons. The van der Waals surface area contributed by atoms with Crippen LogP contribution in [0.25, 0.3) is 98.8 Å². The van der Waals surface area contributed by atoms with Gasteiger partial charge in [-0.05, 0) is 91.0 Å². The van der Waals surface area contributed by atoms with Crippen LogP contribution in [0.1, 0.15) is 22.3 Å². The highest BCUT2D eigenvalue weighted by atomic mass is 32.1. The SMILES string of the molecule is c1ccc(-c2nc(-c3ccccc3-c3ccc4c(c3)-c3ccccc3C43c4ccccc4-c4ccccc43)nc(-c3ccccc3-c3ccc4sc5ccccc5c4c3)n2)cc1. The van der Waals surface area contributed by atoms with Crippen molar-refractivity contribution in [1.29, 1.82) is 0 Å². The molecule has 0 N–H and O–H groups in total. The lowest BCUT2D eigenvalue weighted by Crippen LogP contribution is -2.25. The molecule has 2 heterocycles. The normalized spacial score (nSPS) is 13.0. The summed E-state index contributed by atoms with van der Waals surface area (Å²) in [6.07, 6.45) is 0. The standard InChI is InChI=1S/C58H35N3S/c1-2-16-36(17-3-1)55-59-56(61-57(60-55)46-25-7-5-19-40(46)38-31-33-54-48(35-38)44-23-11-15-29-53(44)62-54)45-24-6-4-18-39(45)37-30-32-52-47(34-37)43-22-10-14-28-51(43)58(52)49-26-12-8-20-41(49)42-21-9-13-27-50(42)58/h1-35H. The summed E-state index contributed by atoms with van der Waals surface area (Å²) in [5.41, 5.74) is 17.3. The molecule has 0 saturated heterocycles. The number of benzene rings is 9. The van der Waals surface area contributed by atoms with Crippen molar-refractivity contribution in [2.24, 2.45) is 0 Å². The first-order valence-corrected chi connectivity index (χ1v) is 21.9. The van der Waals surface area contributed by atoms with Crippen LogP contribution in [-0.4, -0.2) is 15.0 Å². The van der Waals surface area contributed by atoms with E-state index >= 15 is 0 Å². The zero-order valence-electron chi connectivity index (χ0n) is 33.5. The Balaban J connectivity index is 0.990. The van der Waals surface area contributed by atoms with Crippen molar-refractivity contribution < 1.29 is 0 Å². The smallest absolute Gasteiger partial charge is 0.164 e. The summed E-state index contributed by atoms with van der Waals surface area (Å²) in [7, 11) is 0. The first-order valence-electron chi connectivity index (χ1n) is 21.1.